The number of rotatable bonds is 5. The molecule has 0 saturated heterocycles. The van der Waals surface area contributed by atoms with Gasteiger partial charge in [0.05, 0.1) is 5.56 Å². The molecule has 0 aliphatic carbocycles. The van der Waals surface area contributed by atoms with Crippen molar-refractivity contribution in [2.24, 2.45) is 0 Å². The van der Waals surface area contributed by atoms with Crippen LogP contribution in [0.25, 0.3) is 0 Å². The number of alkyl halides is 3. The van der Waals surface area contributed by atoms with Gasteiger partial charge >= 0.3 is 6.18 Å². The first-order chi connectivity index (χ1) is 11.3. The largest absolute Gasteiger partial charge is 0.416 e. The normalized spacial score (nSPS) is 14.0. The van der Waals surface area contributed by atoms with E-state index in [1.54, 1.807) is 30.3 Å². The highest BCUT2D eigenvalue weighted by atomic mass is 32.2. The van der Waals surface area contributed by atoms with Crippen LogP contribution in [0.2, 0.25) is 0 Å². The van der Waals surface area contributed by atoms with Crippen LogP contribution in [-0.2, 0) is 27.5 Å². The minimum Gasteiger partial charge on any atom is -0.325 e. The number of nitrogens with one attached hydrogen (secondary N) is 1. The summed E-state index contributed by atoms with van der Waals surface area (Å²) < 4.78 is 50.4. The molecule has 1 amide bonds. The molecular weight excluding hydrogens is 339 g/mol. The predicted molar refractivity (Wildman–Crippen MR) is 87.8 cm³/mol. The van der Waals surface area contributed by atoms with Gasteiger partial charge in [-0.3, -0.25) is 9.00 Å². The molecule has 7 heteroatoms. The van der Waals surface area contributed by atoms with Crippen molar-refractivity contribution in [3.63, 3.8) is 0 Å². The number of amides is 1. The van der Waals surface area contributed by atoms with Gasteiger partial charge in [-0.2, -0.15) is 13.2 Å². The maximum Gasteiger partial charge on any atom is 0.416 e. The Morgan fingerprint density at radius 2 is 1.79 bits per heavy atom. The summed E-state index contributed by atoms with van der Waals surface area (Å²) in [6.07, 6.45) is -4.45. The SMILES string of the molecule is C[C@@H](C(=O)Nc1ccccc1)[S@](=O)Cc1cccc(C(F)(F)F)c1. The summed E-state index contributed by atoms with van der Waals surface area (Å²) in [5, 5.41) is 1.78. The number of hydrogen-bond acceptors (Lipinski definition) is 2. The van der Waals surface area contributed by atoms with E-state index in [1.807, 2.05) is 0 Å². The van der Waals surface area contributed by atoms with Crippen molar-refractivity contribution in [1.29, 1.82) is 0 Å². The highest BCUT2D eigenvalue weighted by Crippen LogP contribution is 2.29. The van der Waals surface area contributed by atoms with Crippen molar-refractivity contribution in [2.75, 3.05) is 5.32 Å². The molecular formula is C17H16F3NO2S. The van der Waals surface area contributed by atoms with Gasteiger partial charge in [-0.15, -0.1) is 0 Å². The first-order valence-corrected chi connectivity index (χ1v) is 8.55. The molecule has 0 spiro atoms. The monoisotopic (exact) mass is 355 g/mol. The molecule has 0 bridgehead atoms. The molecule has 2 aromatic carbocycles. The summed E-state index contributed by atoms with van der Waals surface area (Å²) in [4.78, 5) is 12.1. The molecule has 128 valence electrons. The highest BCUT2D eigenvalue weighted by Gasteiger charge is 2.30. The Kier molecular flexibility index (Phi) is 5.77. The fraction of sp³-hybridized carbons (Fsp3) is 0.235. The topological polar surface area (TPSA) is 46.2 Å². The van der Waals surface area contributed by atoms with E-state index in [-0.39, 0.29) is 11.3 Å². The fourth-order valence-electron chi connectivity index (χ4n) is 2.01. The van der Waals surface area contributed by atoms with Gasteiger partial charge in [0.25, 0.3) is 0 Å². The molecule has 1 N–H and O–H groups in total. The third-order valence-corrected chi connectivity index (χ3v) is 4.99. The van der Waals surface area contributed by atoms with Crippen molar-refractivity contribution in [3.8, 4) is 0 Å². The van der Waals surface area contributed by atoms with Gasteiger partial charge in [0.2, 0.25) is 5.91 Å². The van der Waals surface area contributed by atoms with E-state index in [0.29, 0.717) is 5.69 Å². The summed E-state index contributed by atoms with van der Waals surface area (Å²) in [5.74, 6) is -0.556. The molecule has 0 fully saturated rings. The molecule has 0 aliphatic heterocycles. The maximum atomic E-state index is 12.7. The molecule has 0 aliphatic rings. The summed E-state index contributed by atoms with van der Waals surface area (Å²) >= 11 is 0. The summed E-state index contributed by atoms with van der Waals surface area (Å²) in [6.45, 7) is 1.49. The van der Waals surface area contributed by atoms with Gasteiger partial charge in [-0.1, -0.05) is 36.4 Å². The molecule has 24 heavy (non-hydrogen) atoms. The second kappa shape index (κ2) is 7.61. The standard InChI is InChI=1S/C17H16F3NO2S/c1-12(16(22)21-15-8-3-2-4-9-15)24(23)11-13-6-5-7-14(10-13)17(18,19)20/h2-10,12H,11H2,1H3,(H,21,22)/t12-,24+/m0/s1. The second-order valence-corrected chi connectivity index (χ2v) is 6.98. The van der Waals surface area contributed by atoms with E-state index in [2.05, 4.69) is 5.32 Å². The van der Waals surface area contributed by atoms with Gasteiger partial charge in [-0.05, 0) is 30.7 Å². The molecule has 0 saturated carbocycles. The van der Waals surface area contributed by atoms with Crippen LogP contribution < -0.4 is 5.32 Å². The quantitative estimate of drug-likeness (QED) is 0.882. The number of carbonyl (C=O) groups excluding carboxylic acids is 1. The van der Waals surface area contributed by atoms with Crippen molar-refractivity contribution >= 4 is 22.4 Å². The number of hydrogen-bond donors (Lipinski definition) is 1. The number of halogens is 3. The molecule has 0 aromatic heterocycles. The number of para-hydroxylation sites is 1. The highest BCUT2D eigenvalue weighted by molar-refractivity contribution is 7.85. The fourth-order valence-corrected chi connectivity index (χ4v) is 3.07. The lowest BCUT2D eigenvalue weighted by Gasteiger charge is -2.13. The van der Waals surface area contributed by atoms with E-state index < -0.39 is 33.7 Å². The molecule has 0 unspecified atom stereocenters. The Morgan fingerprint density at radius 3 is 2.42 bits per heavy atom. The van der Waals surface area contributed by atoms with E-state index in [1.165, 1.54) is 19.1 Å². The lowest BCUT2D eigenvalue weighted by Crippen LogP contribution is -2.29. The lowest BCUT2D eigenvalue weighted by molar-refractivity contribution is -0.137. The smallest absolute Gasteiger partial charge is 0.325 e. The lowest BCUT2D eigenvalue weighted by atomic mass is 10.1. The number of anilines is 1. The predicted octanol–water partition coefficient (Wildman–Crippen LogP) is 3.98. The van der Waals surface area contributed by atoms with Crippen molar-refractivity contribution < 1.29 is 22.2 Å². The van der Waals surface area contributed by atoms with Crippen LogP contribution >= 0.6 is 0 Å². The first-order valence-electron chi connectivity index (χ1n) is 7.16. The van der Waals surface area contributed by atoms with Crippen LogP contribution in [0, 0.1) is 0 Å². The van der Waals surface area contributed by atoms with Gasteiger partial charge in [0.15, 0.2) is 0 Å². The molecule has 2 rings (SSSR count). The zero-order chi connectivity index (χ0) is 17.7. The third-order valence-electron chi connectivity index (χ3n) is 3.37. The summed E-state index contributed by atoms with van der Waals surface area (Å²) in [6, 6.07) is 13.3. The zero-order valence-corrected chi connectivity index (χ0v) is 13.7. The van der Waals surface area contributed by atoms with E-state index in [4.69, 9.17) is 0 Å². The Bertz CT molecular complexity index is 732. The van der Waals surface area contributed by atoms with Crippen LogP contribution in [0.3, 0.4) is 0 Å². The van der Waals surface area contributed by atoms with Crippen LogP contribution in [0.4, 0.5) is 18.9 Å². The van der Waals surface area contributed by atoms with Crippen LogP contribution in [0.15, 0.2) is 54.6 Å². The minimum absolute atomic E-state index is 0.118. The van der Waals surface area contributed by atoms with Gasteiger partial charge in [0, 0.05) is 22.2 Å². The summed E-state index contributed by atoms with van der Waals surface area (Å²) in [5.41, 5.74) is 0.0614. The number of benzene rings is 2. The van der Waals surface area contributed by atoms with Gasteiger partial charge in [0.1, 0.15) is 5.25 Å². The van der Waals surface area contributed by atoms with Crippen LogP contribution in [-0.4, -0.2) is 15.4 Å². The van der Waals surface area contributed by atoms with Crippen molar-refractivity contribution in [1.82, 2.24) is 0 Å². The Balaban J connectivity index is 2.02. The Morgan fingerprint density at radius 1 is 1.12 bits per heavy atom. The average molecular weight is 355 g/mol. The van der Waals surface area contributed by atoms with Gasteiger partial charge < -0.3 is 5.32 Å². The number of carbonyl (C=O) groups is 1. The molecule has 3 nitrogen and oxygen atoms in total. The molecule has 0 radical (unpaired) electrons. The Labute approximate surface area is 140 Å². The molecule has 2 aromatic rings. The van der Waals surface area contributed by atoms with E-state index in [0.717, 1.165) is 12.1 Å². The zero-order valence-electron chi connectivity index (χ0n) is 12.8. The van der Waals surface area contributed by atoms with E-state index >= 15 is 0 Å². The summed E-state index contributed by atoms with van der Waals surface area (Å²) in [7, 11) is -1.63. The van der Waals surface area contributed by atoms with Gasteiger partial charge in [-0.25, -0.2) is 0 Å². The van der Waals surface area contributed by atoms with Crippen LogP contribution in [0.5, 0.6) is 0 Å². The molecule has 2 atom stereocenters. The molecule has 0 heterocycles. The third kappa shape index (κ3) is 4.92. The first kappa shape index (κ1) is 18.2. The van der Waals surface area contributed by atoms with Crippen molar-refractivity contribution in [3.05, 3.63) is 65.7 Å². The average Bonchev–Trinajstić information content (AvgIpc) is 2.54. The second-order valence-electron chi connectivity index (χ2n) is 5.22. The minimum atomic E-state index is -4.45. The Hall–Kier alpha value is -2.15. The van der Waals surface area contributed by atoms with Crippen LogP contribution in [0.1, 0.15) is 18.1 Å². The van der Waals surface area contributed by atoms with E-state index in [9.17, 15) is 22.2 Å². The van der Waals surface area contributed by atoms with Crippen molar-refractivity contribution in [2.45, 2.75) is 24.1 Å². The maximum absolute atomic E-state index is 12.7.